The smallest absolute Gasteiger partial charge is 0.257 e. The highest BCUT2D eigenvalue weighted by Crippen LogP contribution is 2.49. The van der Waals surface area contributed by atoms with Crippen LogP contribution in [-0.4, -0.2) is 38.9 Å². The van der Waals surface area contributed by atoms with E-state index in [1.165, 1.54) is 5.01 Å². The van der Waals surface area contributed by atoms with Crippen LogP contribution in [0, 0.1) is 5.92 Å². The highest BCUT2D eigenvalue weighted by atomic mass is 16.5. The Morgan fingerprint density at radius 1 is 0.909 bits per heavy atom. The SMILES string of the molecule is COc1cc(OC)c(C2C3=C(CCCC3=O)N=C3NN(c4ccccc4)C(=O)C32)cc1OC. The quantitative estimate of drug-likeness (QED) is 0.756. The molecule has 0 saturated carbocycles. The van der Waals surface area contributed by atoms with Gasteiger partial charge in [-0.1, -0.05) is 18.2 Å². The number of benzene rings is 2. The number of nitrogens with zero attached hydrogens (tertiary/aromatic N) is 2. The zero-order chi connectivity index (χ0) is 23.1. The number of hydrogen-bond donors (Lipinski definition) is 1. The van der Waals surface area contributed by atoms with E-state index in [9.17, 15) is 9.59 Å². The average molecular weight is 447 g/mol. The molecule has 5 rings (SSSR count). The van der Waals surface area contributed by atoms with E-state index in [4.69, 9.17) is 19.2 Å². The van der Waals surface area contributed by atoms with Gasteiger partial charge in [0.2, 0.25) is 0 Å². The normalized spacial score (nSPS) is 21.8. The first-order valence-corrected chi connectivity index (χ1v) is 10.9. The molecular weight excluding hydrogens is 422 g/mol. The molecule has 2 aromatic carbocycles. The first-order chi connectivity index (χ1) is 16.1. The minimum Gasteiger partial charge on any atom is -0.496 e. The molecule has 1 saturated heterocycles. The number of para-hydroxylation sites is 1. The predicted octanol–water partition coefficient (Wildman–Crippen LogP) is 3.38. The van der Waals surface area contributed by atoms with Crippen molar-refractivity contribution in [2.75, 3.05) is 26.3 Å². The Morgan fingerprint density at radius 2 is 1.61 bits per heavy atom. The maximum Gasteiger partial charge on any atom is 0.257 e. The summed E-state index contributed by atoms with van der Waals surface area (Å²) in [7, 11) is 4.67. The molecule has 3 aliphatic rings. The summed E-state index contributed by atoms with van der Waals surface area (Å²) in [5, 5.41) is 1.51. The minimum atomic E-state index is -0.682. The van der Waals surface area contributed by atoms with Crippen LogP contribution in [0.5, 0.6) is 17.2 Å². The number of methoxy groups -OCH3 is 3. The molecule has 33 heavy (non-hydrogen) atoms. The van der Waals surface area contributed by atoms with Gasteiger partial charge >= 0.3 is 0 Å². The molecular formula is C25H25N3O5. The monoisotopic (exact) mass is 447 g/mol. The molecule has 2 aromatic rings. The Labute approximate surface area is 191 Å². The number of ether oxygens (including phenoxy) is 3. The number of carbonyl (C=O) groups excluding carboxylic acids is 2. The lowest BCUT2D eigenvalue weighted by Crippen LogP contribution is -2.35. The molecule has 170 valence electrons. The number of rotatable bonds is 5. The first kappa shape index (κ1) is 21.1. The van der Waals surface area contributed by atoms with Gasteiger partial charge in [0.25, 0.3) is 5.91 Å². The molecule has 2 heterocycles. The average Bonchev–Trinajstić information content (AvgIpc) is 3.18. The van der Waals surface area contributed by atoms with Crippen molar-refractivity contribution in [3.05, 3.63) is 59.3 Å². The van der Waals surface area contributed by atoms with E-state index < -0.39 is 11.8 Å². The van der Waals surface area contributed by atoms with Crippen LogP contribution in [0.15, 0.2) is 58.7 Å². The second kappa shape index (κ2) is 8.27. The summed E-state index contributed by atoms with van der Waals surface area (Å²) in [4.78, 5) is 31.7. The van der Waals surface area contributed by atoms with Crippen LogP contribution in [0.3, 0.4) is 0 Å². The fourth-order valence-electron chi connectivity index (χ4n) is 4.92. The van der Waals surface area contributed by atoms with Crippen molar-refractivity contribution >= 4 is 23.2 Å². The zero-order valence-electron chi connectivity index (χ0n) is 18.8. The third-order valence-corrected chi connectivity index (χ3v) is 6.42. The summed E-state index contributed by atoms with van der Waals surface area (Å²) in [6, 6.07) is 12.9. The molecule has 1 aliphatic carbocycles. The molecule has 8 heteroatoms. The fourth-order valence-corrected chi connectivity index (χ4v) is 4.92. The van der Waals surface area contributed by atoms with E-state index in [-0.39, 0.29) is 11.7 Å². The number of nitrogens with one attached hydrogen (secondary N) is 1. The first-order valence-electron chi connectivity index (χ1n) is 10.9. The summed E-state index contributed by atoms with van der Waals surface area (Å²) < 4.78 is 16.7. The molecule has 0 bridgehead atoms. The van der Waals surface area contributed by atoms with Gasteiger partial charge in [0.15, 0.2) is 17.3 Å². The van der Waals surface area contributed by atoms with E-state index >= 15 is 0 Å². The number of anilines is 1. The van der Waals surface area contributed by atoms with Crippen molar-refractivity contribution in [3.63, 3.8) is 0 Å². The third-order valence-electron chi connectivity index (χ3n) is 6.42. The molecule has 1 N–H and O–H groups in total. The van der Waals surface area contributed by atoms with Crippen LogP contribution in [0.1, 0.15) is 30.7 Å². The molecule has 2 unspecified atom stereocenters. The van der Waals surface area contributed by atoms with Gasteiger partial charge in [-0.05, 0) is 31.0 Å². The molecule has 1 amide bonds. The van der Waals surface area contributed by atoms with Crippen molar-refractivity contribution in [1.82, 2.24) is 5.43 Å². The number of ketones is 1. The van der Waals surface area contributed by atoms with Gasteiger partial charge in [0, 0.05) is 35.2 Å². The zero-order valence-corrected chi connectivity index (χ0v) is 18.8. The number of allylic oxidation sites excluding steroid dienone is 2. The number of amides is 1. The van der Waals surface area contributed by atoms with Gasteiger partial charge in [-0.25, -0.2) is 10.0 Å². The number of hydrazine groups is 1. The molecule has 2 atom stereocenters. The van der Waals surface area contributed by atoms with Crippen LogP contribution in [-0.2, 0) is 9.59 Å². The topological polar surface area (TPSA) is 89.5 Å². The van der Waals surface area contributed by atoms with Crippen molar-refractivity contribution in [2.24, 2.45) is 10.9 Å². The molecule has 0 radical (unpaired) electrons. The highest BCUT2D eigenvalue weighted by molar-refractivity contribution is 6.19. The molecule has 8 nitrogen and oxygen atoms in total. The van der Waals surface area contributed by atoms with Gasteiger partial charge in [-0.2, -0.15) is 0 Å². The molecule has 0 spiro atoms. The van der Waals surface area contributed by atoms with Crippen molar-refractivity contribution in [2.45, 2.75) is 25.2 Å². The maximum atomic E-state index is 13.7. The second-order valence-corrected chi connectivity index (χ2v) is 8.16. The number of amidine groups is 1. The van der Waals surface area contributed by atoms with Gasteiger partial charge < -0.3 is 14.2 Å². The van der Waals surface area contributed by atoms with E-state index in [0.717, 1.165) is 12.1 Å². The predicted molar refractivity (Wildman–Crippen MR) is 123 cm³/mol. The van der Waals surface area contributed by atoms with Gasteiger partial charge in [0.05, 0.1) is 27.0 Å². The Morgan fingerprint density at radius 3 is 2.30 bits per heavy atom. The lowest BCUT2D eigenvalue weighted by molar-refractivity contribution is -0.120. The number of carbonyl (C=O) groups is 2. The van der Waals surface area contributed by atoms with Crippen LogP contribution in [0.4, 0.5) is 5.69 Å². The standard InChI is InChI=1S/C25H25N3O5/c1-31-18-13-20(33-3)19(32-2)12-15(18)21-22-16(10-7-11-17(22)29)26-24-23(21)25(30)28(27-24)14-8-5-4-6-9-14/h4-6,8-9,12-13,21,23H,7,10-11H2,1-3H3,(H,26,27). The van der Waals surface area contributed by atoms with E-state index in [1.54, 1.807) is 33.5 Å². The highest BCUT2D eigenvalue weighted by Gasteiger charge is 2.50. The van der Waals surface area contributed by atoms with E-state index in [2.05, 4.69) is 5.43 Å². The van der Waals surface area contributed by atoms with Crippen LogP contribution >= 0.6 is 0 Å². The lowest BCUT2D eigenvalue weighted by atomic mass is 9.72. The summed E-state index contributed by atoms with van der Waals surface area (Å²) >= 11 is 0. The van der Waals surface area contributed by atoms with Crippen molar-refractivity contribution < 1.29 is 23.8 Å². The van der Waals surface area contributed by atoms with Gasteiger partial charge in [-0.3, -0.25) is 15.0 Å². The van der Waals surface area contributed by atoms with Crippen LogP contribution in [0.2, 0.25) is 0 Å². The van der Waals surface area contributed by atoms with E-state index in [1.807, 2.05) is 30.3 Å². The lowest BCUT2D eigenvalue weighted by Gasteiger charge is -2.32. The van der Waals surface area contributed by atoms with Crippen LogP contribution < -0.4 is 24.6 Å². The summed E-state index contributed by atoms with van der Waals surface area (Å²) in [6.07, 6.45) is 1.86. The summed E-state index contributed by atoms with van der Waals surface area (Å²) in [6.45, 7) is 0. The number of fused-ring (bicyclic) bond motifs is 1. The molecule has 1 fully saturated rings. The number of Topliss-reactive ketones (excluding diaryl/α,β-unsaturated/α-hetero) is 1. The number of aliphatic imine (C=N–C) groups is 1. The molecule has 0 aromatic heterocycles. The number of hydrogen-bond acceptors (Lipinski definition) is 7. The maximum absolute atomic E-state index is 13.7. The third kappa shape index (κ3) is 3.33. The second-order valence-electron chi connectivity index (χ2n) is 8.16. The Kier molecular flexibility index (Phi) is 5.28. The summed E-state index contributed by atoms with van der Waals surface area (Å²) in [5.74, 6) is 0.685. The van der Waals surface area contributed by atoms with E-state index in [0.29, 0.717) is 52.7 Å². The molecule has 2 aliphatic heterocycles. The van der Waals surface area contributed by atoms with Gasteiger partial charge in [-0.15, -0.1) is 0 Å². The van der Waals surface area contributed by atoms with Gasteiger partial charge in [0.1, 0.15) is 17.5 Å². The minimum absolute atomic E-state index is 0.0202. The largest absolute Gasteiger partial charge is 0.496 e. The van der Waals surface area contributed by atoms with Crippen LogP contribution in [0.25, 0.3) is 0 Å². The van der Waals surface area contributed by atoms with Crippen molar-refractivity contribution in [1.29, 1.82) is 0 Å². The Bertz CT molecular complexity index is 1190. The fraction of sp³-hybridized carbons (Fsp3) is 0.320. The Balaban J connectivity index is 1.69. The van der Waals surface area contributed by atoms with Crippen molar-refractivity contribution in [3.8, 4) is 17.2 Å². The summed E-state index contributed by atoms with van der Waals surface area (Å²) in [5.41, 5.74) is 5.91. The Hall–Kier alpha value is -3.81.